The molecule has 1 aromatic heterocycles. The molecule has 0 aliphatic heterocycles. The highest BCUT2D eigenvalue weighted by atomic mass is 15.2. The Bertz CT molecular complexity index is 374. The van der Waals surface area contributed by atoms with Crippen molar-refractivity contribution in [3.63, 3.8) is 0 Å². The number of nitrogens with zero attached hydrogens (tertiary/aromatic N) is 3. The molecule has 0 spiro atoms. The Labute approximate surface area is 117 Å². The minimum atomic E-state index is 0.734. The van der Waals surface area contributed by atoms with Crippen LogP contribution in [0.15, 0.2) is 6.07 Å². The third kappa shape index (κ3) is 4.69. The van der Waals surface area contributed by atoms with Crippen molar-refractivity contribution in [1.82, 2.24) is 9.97 Å². The molecule has 0 radical (unpaired) electrons. The van der Waals surface area contributed by atoms with Gasteiger partial charge in [0.15, 0.2) is 0 Å². The highest BCUT2D eigenvalue weighted by molar-refractivity contribution is 5.44. The van der Waals surface area contributed by atoms with E-state index in [0.717, 1.165) is 43.0 Å². The Balaban J connectivity index is 2.90. The van der Waals surface area contributed by atoms with Gasteiger partial charge in [-0.2, -0.15) is 4.98 Å². The quantitative estimate of drug-likeness (QED) is 0.780. The number of nitrogens with one attached hydrogen (secondary N) is 1. The number of rotatable bonds is 8. The zero-order valence-electron chi connectivity index (χ0n) is 13.0. The van der Waals surface area contributed by atoms with E-state index in [9.17, 15) is 0 Å². The summed E-state index contributed by atoms with van der Waals surface area (Å²) in [6, 6.07) is 2.08. The van der Waals surface area contributed by atoms with Crippen LogP contribution in [0.3, 0.4) is 0 Å². The van der Waals surface area contributed by atoms with Crippen molar-refractivity contribution in [3.05, 3.63) is 11.8 Å². The normalized spacial score (nSPS) is 10.8. The second-order valence-corrected chi connectivity index (χ2v) is 4.94. The van der Waals surface area contributed by atoms with Gasteiger partial charge in [-0.1, -0.05) is 26.7 Å². The van der Waals surface area contributed by atoms with E-state index in [1.54, 1.807) is 0 Å². The Morgan fingerprint density at radius 3 is 2.37 bits per heavy atom. The zero-order chi connectivity index (χ0) is 14.3. The van der Waals surface area contributed by atoms with E-state index in [2.05, 4.69) is 53.9 Å². The van der Waals surface area contributed by atoms with Crippen LogP contribution in [0.4, 0.5) is 11.8 Å². The fourth-order valence-corrected chi connectivity index (χ4v) is 2.19. The van der Waals surface area contributed by atoms with Gasteiger partial charge < -0.3 is 10.2 Å². The van der Waals surface area contributed by atoms with Crippen LogP contribution >= 0.6 is 0 Å². The Morgan fingerprint density at radius 1 is 1.16 bits per heavy atom. The molecule has 0 bridgehead atoms. The molecule has 0 aliphatic rings. The van der Waals surface area contributed by atoms with Gasteiger partial charge in [0.05, 0.1) is 0 Å². The van der Waals surface area contributed by atoms with Crippen molar-refractivity contribution in [2.75, 3.05) is 29.9 Å². The number of hydrogen-bond acceptors (Lipinski definition) is 4. The molecule has 0 aliphatic carbocycles. The van der Waals surface area contributed by atoms with E-state index in [-0.39, 0.29) is 0 Å². The molecule has 4 heteroatoms. The molecule has 0 aromatic carbocycles. The predicted octanol–water partition coefficient (Wildman–Crippen LogP) is 3.48. The number of aromatic nitrogens is 2. The van der Waals surface area contributed by atoms with Crippen LogP contribution in [0, 0.1) is 12.8 Å². The maximum absolute atomic E-state index is 4.62. The van der Waals surface area contributed by atoms with Crippen LogP contribution in [0.5, 0.6) is 0 Å². The monoisotopic (exact) mass is 264 g/mol. The fraction of sp³-hybridized carbons (Fsp3) is 0.733. The first-order chi connectivity index (χ1) is 9.14. The SMILES string of the molecule is CCNc1nc(C)cc(N(CC)CC(CC)CC)n1. The third-order valence-corrected chi connectivity index (χ3v) is 3.51. The summed E-state index contributed by atoms with van der Waals surface area (Å²) in [5.74, 6) is 2.51. The molecule has 1 rings (SSSR count). The van der Waals surface area contributed by atoms with Crippen molar-refractivity contribution in [1.29, 1.82) is 0 Å². The molecule has 0 saturated carbocycles. The van der Waals surface area contributed by atoms with Crippen LogP contribution in [0.2, 0.25) is 0 Å². The number of aryl methyl sites for hydroxylation is 1. The lowest BCUT2D eigenvalue weighted by molar-refractivity contribution is 0.484. The van der Waals surface area contributed by atoms with Gasteiger partial charge in [0.1, 0.15) is 5.82 Å². The maximum atomic E-state index is 4.62. The molecule has 108 valence electrons. The van der Waals surface area contributed by atoms with Crippen molar-refractivity contribution >= 4 is 11.8 Å². The predicted molar refractivity (Wildman–Crippen MR) is 82.9 cm³/mol. The van der Waals surface area contributed by atoms with Crippen LogP contribution in [0.25, 0.3) is 0 Å². The van der Waals surface area contributed by atoms with Crippen LogP contribution in [-0.2, 0) is 0 Å². The molecule has 0 atom stereocenters. The standard InChI is InChI=1S/C15H28N4/c1-6-13(7-2)11-19(9-4)14-10-12(5)17-15(18-14)16-8-3/h10,13H,6-9,11H2,1-5H3,(H,16,17,18). The van der Waals surface area contributed by atoms with Crippen LogP contribution in [0.1, 0.15) is 46.2 Å². The summed E-state index contributed by atoms with van der Waals surface area (Å²) in [5.41, 5.74) is 1.02. The van der Waals surface area contributed by atoms with E-state index in [4.69, 9.17) is 0 Å². The lowest BCUT2D eigenvalue weighted by Gasteiger charge is -2.26. The lowest BCUT2D eigenvalue weighted by atomic mass is 10.0. The Hall–Kier alpha value is -1.32. The average Bonchev–Trinajstić information content (AvgIpc) is 2.40. The largest absolute Gasteiger partial charge is 0.356 e. The summed E-state index contributed by atoms with van der Waals surface area (Å²) in [6.07, 6.45) is 2.44. The Morgan fingerprint density at radius 2 is 1.84 bits per heavy atom. The molecular weight excluding hydrogens is 236 g/mol. The van der Waals surface area contributed by atoms with Gasteiger partial charge in [0, 0.05) is 31.4 Å². The average molecular weight is 264 g/mol. The molecule has 19 heavy (non-hydrogen) atoms. The summed E-state index contributed by atoms with van der Waals surface area (Å²) >= 11 is 0. The van der Waals surface area contributed by atoms with Gasteiger partial charge in [-0.25, -0.2) is 4.98 Å². The molecule has 0 saturated heterocycles. The minimum absolute atomic E-state index is 0.734. The summed E-state index contributed by atoms with van der Waals surface area (Å²) in [5, 5.41) is 3.20. The number of hydrogen-bond donors (Lipinski definition) is 1. The molecule has 0 amide bonds. The van der Waals surface area contributed by atoms with Crippen molar-refractivity contribution in [2.45, 2.75) is 47.5 Å². The molecule has 0 unspecified atom stereocenters. The summed E-state index contributed by atoms with van der Waals surface area (Å²) in [6.45, 7) is 13.7. The molecule has 1 N–H and O–H groups in total. The third-order valence-electron chi connectivity index (χ3n) is 3.51. The van der Waals surface area contributed by atoms with Crippen LogP contribution in [-0.4, -0.2) is 29.6 Å². The van der Waals surface area contributed by atoms with E-state index in [0.29, 0.717) is 0 Å². The van der Waals surface area contributed by atoms with Crippen molar-refractivity contribution in [2.24, 2.45) is 5.92 Å². The van der Waals surface area contributed by atoms with Gasteiger partial charge in [0.2, 0.25) is 5.95 Å². The summed E-state index contributed by atoms with van der Waals surface area (Å²) in [4.78, 5) is 11.4. The van der Waals surface area contributed by atoms with Gasteiger partial charge in [0.25, 0.3) is 0 Å². The topological polar surface area (TPSA) is 41.1 Å². The van der Waals surface area contributed by atoms with Crippen molar-refractivity contribution < 1.29 is 0 Å². The first-order valence-electron chi connectivity index (χ1n) is 7.48. The minimum Gasteiger partial charge on any atom is -0.356 e. The molecule has 0 fully saturated rings. The van der Waals surface area contributed by atoms with Gasteiger partial charge in [-0.15, -0.1) is 0 Å². The van der Waals surface area contributed by atoms with E-state index in [1.807, 2.05) is 6.92 Å². The van der Waals surface area contributed by atoms with Gasteiger partial charge >= 0.3 is 0 Å². The second kappa shape index (κ2) is 7.97. The fourth-order valence-electron chi connectivity index (χ4n) is 2.19. The first-order valence-corrected chi connectivity index (χ1v) is 7.48. The Kier molecular flexibility index (Phi) is 6.60. The summed E-state index contributed by atoms with van der Waals surface area (Å²) in [7, 11) is 0. The number of anilines is 2. The van der Waals surface area contributed by atoms with E-state index < -0.39 is 0 Å². The van der Waals surface area contributed by atoms with Gasteiger partial charge in [-0.05, 0) is 26.7 Å². The molecular formula is C15H28N4. The highest BCUT2D eigenvalue weighted by Crippen LogP contribution is 2.18. The highest BCUT2D eigenvalue weighted by Gasteiger charge is 2.13. The smallest absolute Gasteiger partial charge is 0.224 e. The first kappa shape index (κ1) is 15.7. The van der Waals surface area contributed by atoms with Crippen molar-refractivity contribution in [3.8, 4) is 0 Å². The zero-order valence-corrected chi connectivity index (χ0v) is 13.0. The van der Waals surface area contributed by atoms with E-state index in [1.165, 1.54) is 12.8 Å². The summed E-state index contributed by atoms with van der Waals surface area (Å²) < 4.78 is 0. The van der Waals surface area contributed by atoms with Crippen LogP contribution < -0.4 is 10.2 Å². The molecule has 4 nitrogen and oxygen atoms in total. The molecule has 1 aromatic rings. The van der Waals surface area contributed by atoms with Gasteiger partial charge in [-0.3, -0.25) is 0 Å². The maximum Gasteiger partial charge on any atom is 0.224 e. The molecule has 1 heterocycles. The van der Waals surface area contributed by atoms with E-state index >= 15 is 0 Å². The lowest BCUT2D eigenvalue weighted by Crippen LogP contribution is -2.30. The second-order valence-electron chi connectivity index (χ2n) is 4.94.